The molecule has 0 radical (unpaired) electrons. The van der Waals surface area contributed by atoms with Gasteiger partial charge in [-0.05, 0) is 36.4 Å². The van der Waals surface area contributed by atoms with Crippen LogP contribution in [-0.4, -0.2) is 47.8 Å². The molecular weight excluding hydrogens is 473 g/mol. The molecule has 0 spiro atoms. The zero-order valence-corrected chi connectivity index (χ0v) is 19.7. The zero-order chi connectivity index (χ0) is 24.1. The molecule has 8 heteroatoms. The minimum Gasteiger partial charge on any atom is -0.489 e. The van der Waals surface area contributed by atoms with Gasteiger partial charge in [0.25, 0.3) is 11.8 Å². The number of carbonyl (C=O) groups is 2. The van der Waals surface area contributed by atoms with Crippen LogP contribution in [0.15, 0.2) is 66.7 Å². The number of carbonyl (C=O) groups excluding carboxylic acids is 2. The Morgan fingerprint density at radius 3 is 2.29 bits per heavy atom. The average molecular weight is 494 g/mol. The number of amides is 2. The molecule has 3 aromatic rings. The molecule has 0 saturated carbocycles. The fourth-order valence-corrected chi connectivity index (χ4v) is 4.15. The first-order chi connectivity index (χ1) is 16.5. The summed E-state index contributed by atoms with van der Waals surface area (Å²) < 4.78 is 5.83. The summed E-state index contributed by atoms with van der Waals surface area (Å²) in [5.74, 6) is 0.214. The van der Waals surface area contributed by atoms with Crippen molar-refractivity contribution < 1.29 is 14.3 Å². The Morgan fingerprint density at radius 1 is 0.882 bits per heavy atom. The molecule has 172 valence electrons. The van der Waals surface area contributed by atoms with Gasteiger partial charge in [0.1, 0.15) is 12.4 Å². The Morgan fingerprint density at radius 2 is 1.56 bits per heavy atom. The van der Waals surface area contributed by atoms with E-state index in [1.54, 1.807) is 64.4 Å². The number of nitrogens with zero attached hydrogens (tertiary/aromatic N) is 3. The average Bonchev–Trinajstić information content (AvgIpc) is 2.88. The summed E-state index contributed by atoms with van der Waals surface area (Å²) in [4.78, 5) is 29.3. The summed E-state index contributed by atoms with van der Waals surface area (Å²) in [6.45, 7) is 1.84. The first-order valence-corrected chi connectivity index (χ1v) is 11.5. The summed E-state index contributed by atoms with van der Waals surface area (Å²) in [7, 11) is 0. The first-order valence-electron chi connectivity index (χ1n) is 10.7. The van der Waals surface area contributed by atoms with Crippen molar-refractivity contribution in [2.75, 3.05) is 26.2 Å². The lowest BCUT2D eigenvalue weighted by molar-refractivity contribution is 0.0535. The van der Waals surface area contributed by atoms with Gasteiger partial charge in [0.05, 0.1) is 27.2 Å². The van der Waals surface area contributed by atoms with Crippen molar-refractivity contribution in [3.05, 3.63) is 99.0 Å². The normalized spacial score (nSPS) is 13.3. The van der Waals surface area contributed by atoms with Crippen molar-refractivity contribution in [3.63, 3.8) is 0 Å². The van der Waals surface area contributed by atoms with Crippen LogP contribution in [-0.2, 0) is 6.61 Å². The molecule has 1 fully saturated rings. The third-order valence-electron chi connectivity index (χ3n) is 5.65. The number of hydrogen-bond acceptors (Lipinski definition) is 4. The third kappa shape index (κ3) is 5.17. The van der Waals surface area contributed by atoms with Gasteiger partial charge in [0.2, 0.25) is 0 Å². The molecule has 0 N–H and O–H groups in total. The largest absolute Gasteiger partial charge is 0.489 e. The van der Waals surface area contributed by atoms with Crippen molar-refractivity contribution in [1.82, 2.24) is 9.80 Å². The van der Waals surface area contributed by atoms with Crippen LogP contribution in [0.25, 0.3) is 0 Å². The van der Waals surface area contributed by atoms with E-state index in [2.05, 4.69) is 6.07 Å². The SMILES string of the molecule is N#Cc1ccccc1COc1cccc(C(=O)N2CCN(C(=O)c3cccc(Cl)c3Cl)CC2)c1. The van der Waals surface area contributed by atoms with Crippen molar-refractivity contribution >= 4 is 35.0 Å². The maximum Gasteiger partial charge on any atom is 0.255 e. The van der Waals surface area contributed by atoms with E-state index in [9.17, 15) is 14.9 Å². The number of benzene rings is 3. The molecule has 1 heterocycles. The van der Waals surface area contributed by atoms with E-state index in [0.717, 1.165) is 5.56 Å². The fraction of sp³-hybridized carbons (Fsp3) is 0.192. The van der Waals surface area contributed by atoms with Crippen molar-refractivity contribution in [2.24, 2.45) is 0 Å². The van der Waals surface area contributed by atoms with Gasteiger partial charge in [0, 0.05) is 37.3 Å². The third-order valence-corrected chi connectivity index (χ3v) is 6.47. The van der Waals surface area contributed by atoms with E-state index in [1.807, 2.05) is 12.1 Å². The number of nitriles is 1. The summed E-state index contributed by atoms with van der Waals surface area (Å²) >= 11 is 12.2. The van der Waals surface area contributed by atoms with Crippen LogP contribution in [0.3, 0.4) is 0 Å². The molecule has 0 atom stereocenters. The number of hydrogen-bond donors (Lipinski definition) is 0. The van der Waals surface area contributed by atoms with Gasteiger partial charge in [-0.15, -0.1) is 0 Å². The quantitative estimate of drug-likeness (QED) is 0.498. The number of piperazine rings is 1. The fourth-order valence-electron chi connectivity index (χ4n) is 3.77. The highest BCUT2D eigenvalue weighted by Crippen LogP contribution is 2.27. The molecule has 0 aliphatic carbocycles. The smallest absolute Gasteiger partial charge is 0.255 e. The summed E-state index contributed by atoms with van der Waals surface area (Å²) in [6, 6.07) is 21.3. The Kier molecular flexibility index (Phi) is 7.36. The highest BCUT2D eigenvalue weighted by molar-refractivity contribution is 6.43. The van der Waals surface area contributed by atoms with Gasteiger partial charge in [0.15, 0.2) is 0 Å². The van der Waals surface area contributed by atoms with Crippen LogP contribution in [0.2, 0.25) is 10.0 Å². The zero-order valence-electron chi connectivity index (χ0n) is 18.2. The monoisotopic (exact) mass is 493 g/mol. The molecule has 34 heavy (non-hydrogen) atoms. The molecule has 6 nitrogen and oxygen atoms in total. The minimum absolute atomic E-state index is 0.129. The van der Waals surface area contributed by atoms with E-state index < -0.39 is 0 Å². The molecule has 1 aliphatic heterocycles. The van der Waals surface area contributed by atoms with Crippen LogP contribution in [0.4, 0.5) is 0 Å². The van der Waals surface area contributed by atoms with Gasteiger partial charge in [-0.2, -0.15) is 5.26 Å². The molecule has 4 rings (SSSR count). The van der Waals surface area contributed by atoms with Crippen molar-refractivity contribution in [3.8, 4) is 11.8 Å². The topological polar surface area (TPSA) is 73.6 Å². The van der Waals surface area contributed by atoms with Gasteiger partial charge in [-0.3, -0.25) is 9.59 Å². The Bertz CT molecular complexity index is 1260. The van der Waals surface area contributed by atoms with Gasteiger partial charge in [-0.1, -0.05) is 53.5 Å². The molecule has 2 amide bonds. The summed E-state index contributed by atoms with van der Waals surface area (Å²) in [6.07, 6.45) is 0. The Hall–Kier alpha value is -3.53. The van der Waals surface area contributed by atoms with Crippen molar-refractivity contribution in [1.29, 1.82) is 5.26 Å². The lowest BCUT2D eigenvalue weighted by Crippen LogP contribution is -2.50. The molecule has 0 bridgehead atoms. The van der Waals surface area contributed by atoms with Crippen LogP contribution in [0.5, 0.6) is 5.75 Å². The highest BCUT2D eigenvalue weighted by atomic mass is 35.5. The van der Waals surface area contributed by atoms with Gasteiger partial charge in [-0.25, -0.2) is 0 Å². The molecule has 3 aromatic carbocycles. The van der Waals surface area contributed by atoms with E-state index in [4.69, 9.17) is 27.9 Å². The number of rotatable bonds is 5. The molecule has 0 aromatic heterocycles. The Labute approximate surface area is 207 Å². The molecule has 0 unspecified atom stereocenters. The van der Waals surface area contributed by atoms with Crippen LogP contribution in [0, 0.1) is 11.3 Å². The van der Waals surface area contributed by atoms with Gasteiger partial charge < -0.3 is 14.5 Å². The molecular formula is C26H21Cl2N3O3. The summed E-state index contributed by atoms with van der Waals surface area (Å²) in [5, 5.41) is 9.80. The number of halogens is 2. The maximum absolute atomic E-state index is 13.1. The molecule has 1 saturated heterocycles. The number of ether oxygens (including phenoxy) is 1. The second kappa shape index (κ2) is 10.6. The summed E-state index contributed by atoms with van der Waals surface area (Å²) in [5.41, 5.74) is 2.20. The lowest BCUT2D eigenvalue weighted by Gasteiger charge is -2.35. The molecule has 1 aliphatic rings. The Balaban J connectivity index is 1.37. The second-order valence-electron chi connectivity index (χ2n) is 7.77. The maximum atomic E-state index is 13.1. The second-order valence-corrected chi connectivity index (χ2v) is 8.56. The van der Waals surface area contributed by atoms with Crippen molar-refractivity contribution in [2.45, 2.75) is 6.61 Å². The predicted octanol–water partition coefficient (Wildman–Crippen LogP) is 5.04. The highest BCUT2D eigenvalue weighted by Gasteiger charge is 2.27. The minimum atomic E-state index is -0.201. The van der Waals surface area contributed by atoms with E-state index in [0.29, 0.717) is 53.6 Å². The first kappa shape index (κ1) is 23.6. The van der Waals surface area contributed by atoms with E-state index in [-0.39, 0.29) is 23.4 Å². The van der Waals surface area contributed by atoms with E-state index in [1.165, 1.54) is 0 Å². The predicted molar refractivity (Wildman–Crippen MR) is 130 cm³/mol. The standard InChI is InChI=1S/C26H21Cl2N3O3/c27-23-10-4-9-22(24(23)28)26(33)31-13-11-30(12-14-31)25(32)18-7-3-8-21(15-18)34-17-20-6-2-1-5-19(20)16-29/h1-10,15H,11-14,17H2. The van der Waals surface area contributed by atoms with Crippen LogP contribution >= 0.6 is 23.2 Å². The van der Waals surface area contributed by atoms with Crippen LogP contribution < -0.4 is 4.74 Å². The van der Waals surface area contributed by atoms with Gasteiger partial charge >= 0.3 is 0 Å². The lowest BCUT2D eigenvalue weighted by atomic mass is 10.1. The van der Waals surface area contributed by atoms with Crippen LogP contribution in [0.1, 0.15) is 31.8 Å². The van der Waals surface area contributed by atoms with E-state index >= 15 is 0 Å².